The van der Waals surface area contributed by atoms with Gasteiger partial charge in [0, 0.05) is 25.4 Å². The molecule has 118 valence electrons. The van der Waals surface area contributed by atoms with E-state index in [9.17, 15) is 9.59 Å². The number of hydrogen-bond acceptors (Lipinski definition) is 4. The van der Waals surface area contributed by atoms with E-state index in [0.29, 0.717) is 24.0 Å². The number of carbonyl (C=O) groups is 2. The number of rotatable bonds is 4. The van der Waals surface area contributed by atoms with Gasteiger partial charge in [-0.05, 0) is 25.5 Å². The lowest BCUT2D eigenvalue weighted by atomic mass is 9.83. The molecule has 1 spiro atoms. The van der Waals surface area contributed by atoms with Gasteiger partial charge >= 0.3 is 0 Å². The molecule has 3 aliphatic heterocycles. The van der Waals surface area contributed by atoms with Crippen molar-refractivity contribution in [1.82, 2.24) is 9.80 Å². The van der Waals surface area contributed by atoms with E-state index in [1.165, 1.54) is 0 Å². The summed E-state index contributed by atoms with van der Waals surface area (Å²) in [6, 6.07) is 0. The van der Waals surface area contributed by atoms with Crippen LogP contribution in [0, 0.1) is 5.92 Å². The molecule has 3 rings (SSSR count). The van der Waals surface area contributed by atoms with Crippen molar-refractivity contribution in [3.8, 4) is 0 Å². The quantitative estimate of drug-likeness (QED) is 0.776. The van der Waals surface area contributed by atoms with Crippen LogP contribution in [0.4, 0.5) is 0 Å². The van der Waals surface area contributed by atoms with Gasteiger partial charge in [0.05, 0.1) is 25.4 Å². The molecule has 0 aromatic carbocycles. The summed E-state index contributed by atoms with van der Waals surface area (Å²) >= 11 is 1.57. The van der Waals surface area contributed by atoms with Crippen LogP contribution in [0.1, 0.15) is 25.7 Å². The van der Waals surface area contributed by atoms with E-state index in [4.69, 9.17) is 4.74 Å². The van der Waals surface area contributed by atoms with Crippen LogP contribution in [0.2, 0.25) is 0 Å². The summed E-state index contributed by atoms with van der Waals surface area (Å²) in [5.74, 6) is 1.55. The molecule has 0 aromatic rings. The predicted octanol–water partition coefficient (Wildman–Crippen LogP) is 0.979. The van der Waals surface area contributed by atoms with E-state index in [1.807, 2.05) is 16.1 Å². The fraction of sp³-hybridized carbons (Fsp3) is 0.867. The highest BCUT2D eigenvalue weighted by atomic mass is 32.2. The van der Waals surface area contributed by atoms with Crippen molar-refractivity contribution in [3.05, 3.63) is 0 Å². The molecule has 6 heteroatoms. The van der Waals surface area contributed by atoms with Crippen molar-refractivity contribution in [2.24, 2.45) is 5.92 Å². The van der Waals surface area contributed by atoms with Gasteiger partial charge in [0.15, 0.2) is 0 Å². The van der Waals surface area contributed by atoms with Gasteiger partial charge in [0.25, 0.3) is 0 Å². The molecule has 3 fully saturated rings. The zero-order valence-corrected chi connectivity index (χ0v) is 13.5. The Kier molecular flexibility index (Phi) is 4.45. The summed E-state index contributed by atoms with van der Waals surface area (Å²) in [6.07, 6.45) is 5.79. The summed E-state index contributed by atoms with van der Waals surface area (Å²) < 4.78 is 6.08. The third-order valence-electron chi connectivity index (χ3n) is 4.86. The molecule has 3 heterocycles. The normalized spacial score (nSPS) is 28.0. The van der Waals surface area contributed by atoms with Crippen molar-refractivity contribution >= 4 is 23.6 Å². The Bertz CT molecular complexity index is 413. The van der Waals surface area contributed by atoms with Crippen molar-refractivity contribution in [2.75, 3.05) is 44.8 Å². The molecule has 0 unspecified atom stereocenters. The first-order chi connectivity index (χ1) is 10.1. The largest absolute Gasteiger partial charge is 0.371 e. The zero-order chi connectivity index (χ0) is 14.9. The molecule has 3 aliphatic rings. The first-order valence-corrected chi connectivity index (χ1v) is 9.20. The Morgan fingerprint density at radius 3 is 2.86 bits per heavy atom. The minimum absolute atomic E-state index is 0.0837. The Balaban J connectivity index is 1.42. The highest BCUT2D eigenvalue weighted by molar-refractivity contribution is 7.99. The average molecular weight is 312 g/mol. The highest BCUT2D eigenvalue weighted by Crippen LogP contribution is 2.36. The van der Waals surface area contributed by atoms with Crippen molar-refractivity contribution in [2.45, 2.75) is 31.3 Å². The zero-order valence-electron chi connectivity index (χ0n) is 12.7. The van der Waals surface area contributed by atoms with Crippen molar-refractivity contribution < 1.29 is 14.3 Å². The van der Waals surface area contributed by atoms with Gasteiger partial charge in [0.1, 0.15) is 5.60 Å². The lowest BCUT2D eigenvalue weighted by Crippen LogP contribution is -2.66. The van der Waals surface area contributed by atoms with Crippen LogP contribution < -0.4 is 0 Å². The fourth-order valence-corrected chi connectivity index (χ4v) is 3.99. The Labute approximate surface area is 130 Å². The molecule has 2 amide bonds. The first-order valence-electron chi connectivity index (χ1n) is 7.80. The number of amides is 2. The Hall–Kier alpha value is -0.750. The highest BCUT2D eigenvalue weighted by Gasteiger charge is 2.48. The van der Waals surface area contributed by atoms with Gasteiger partial charge in [-0.3, -0.25) is 9.59 Å². The molecule has 0 saturated carbocycles. The number of thioether (sulfide) groups is 1. The number of hydrogen-bond donors (Lipinski definition) is 0. The molecule has 1 atom stereocenters. The molecule has 3 saturated heterocycles. The van der Waals surface area contributed by atoms with Crippen molar-refractivity contribution in [3.63, 3.8) is 0 Å². The molecule has 0 N–H and O–H groups in total. The molecule has 5 nitrogen and oxygen atoms in total. The van der Waals surface area contributed by atoms with Gasteiger partial charge in [-0.2, -0.15) is 11.8 Å². The maximum atomic E-state index is 11.8. The maximum Gasteiger partial charge on any atom is 0.232 e. The second kappa shape index (κ2) is 6.16. The molecular formula is C15H24N2O3S. The second-order valence-electron chi connectivity index (χ2n) is 6.52. The molecule has 21 heavy (non-hydrogen) atoms. The van der Waals surface area contributed by atoms with E-state index in [1.54, 1.807) is 11.8 Å². The molecule has 0 aromatic heterocycles. The SMILES string of the molecule is CSCC(=O)N1CC2(CC[C@H](CN3CCCC3=O)CO2)C1. The van der Waals surface area contributed by atoms with E-state index >= 15 is 0 Å². The minimum atomic E-state index is -0.0837. The molecule has 0 bridgehead atoms. The van der Waals surface area contributed by atoms with Crippen molar-refractivity contribution in [1.29, 1.82) is 0 Å². The third kappa shape index (κ3) is 3.21. The van der Waals surface area contributed by atoms with Gasteiger partial charge in [0.2, 0.25) is 11.8 Å². The summed E-state index contributed by atoms with van der Waals surface area (Å²) in [4.78, 5) is 27.3. The van der Waals surface area contributed by atoms with Crippen LogP contribution in [0.3, 0.4) is 0 Å². The third-order valence-corrected chi connectivity index (χ3v) is 5.40. The van der Waals surface area contributed by atoms with Crippen LogP contribution in [0.25, 0.3) is 0 Å². The predicted molar refractivity (Wildman–Crippen MR) is 82.2 cm³/mol. The average Bonchev–Trinajstić information content (AvgIpc) is 2.83. The standard InChI is InChI=1S/C15H24N2O3S/c1-21-9-14(19)17-10-15(11-17)5-4-12(8-20-15)7-16-6-2-3-13(16)18/h12H,2-11H2,1H3/t12-/m1/s1. The van der Waals surface area contributed by atoms with E-state index in [-0.39, 0.29) is 11.5 Å². The molecule has 0 aliphatic carbocycles. The summed E-state index contributed by atoms with van der Waals surface area (Å²) in [5, 5.41) is 0. The topological polar surface area (TPSA) is 49.9 Å². The minimum Gasteiger partial charge on any atom is -0.371 e. The van der Waals surface area contributed by atoms with Gasteiger partial charge < -0.3 is 14.5 Å². The first kappa shape index (κ1) is 15.2. The van der Waals surface area contributed by atoms with Gasteiger partial charge in [-0.25, -0.2) is 0 Å². The lowest BCUT2D eigenvalue weighted by Gasteiger charge is -2.53. The van der Waals surface area contributed by atoms with E-state index in [2.05, 4.69) is 0 Å². The summed E-state index contributed by atoms with van der Waals surface area (Å²) in [5.41, 5.74) is -0.0837. The van der Waals surface area contributed by atoms with Crippen LogP contribution >= 0.6 is 11.8 Å². The van der Waals surface area contributed by atoms with E-state index in [0.717, 1.165) is 52.0 Å². The Morgan fingerprint density at radius 2 is 2.29 bits per heavy atom. The van der Waals surface area contributed by atoms with Crippen LogP contribution in [0.5, 0.6) is 0 Å². The number of likely N-dealkylation sites (tertiary alicyclic amines) is 2. The van der Waals surface area contributed by atoms with Crippen LogP contribution in [0.15, 0.2) is 0 Å². The molecule has 0 radical (unpaired) electrons. The monoisotopic (exact) mass is 312 g/mol. The van der Waals surface area contributed by atoms with E-state index < -0.39 is 0 Å². The van der Waals surface area contributed by atoms with Gasteiger partial charge in [-0.15, -0.1) is 0 Å². The van der Waals surface area contributed by atoms with Gasteiger partial charge in [-0.1, -0.05) is 0 Å². The summed E-state index contributed by atoms with van der Waals surface area (Å²) in [6.45, 7) is 4.00. The molecular weight excluding hydrogens is 288 g/mol. The maximum absolute atomic E-state index is 11.8. The number of nitrogens with zero attached hydrogens (tertiary/aromatic N) is 2. The summed E-state index contributed by atoms with van der Waals surface area (Å²) in [7, 11) is 0. The van der Waals surface area contributed by atoms with Crippen LogP contribution in [-0.2, 0) is 14.3 Å². The lowest BCUT2D eigenvalue weighted by molar-refractivity contribution is -0.188. The number of ether oxygens (including phenoxy) is 1. The fourth-order valence-electron chi connectivity index (χ4n) is 3.56. The van der Waals surface area contributed by atoms with Crippen LogP contribution in [-0.4, -0.2) is 72.0 Å². The smallest absolute Gasteiger partial charge is 0.232 e. The second-order valence-corrected chi connectivity index (χ2v) is 7.39. The Morgan fingerprint density at radius 1 is 1.48 bits per heavy atom. The number of carbonyl (C=O) groups excluding carboxylic acids is 2.